The highest BCUT2D eigenvalue weighted by Gasteiger charge is 2.24. The lowest BCUT2D eigenvalue weighted by atomic mass is 9.94. The van der Waals surface area contributed by atoms with E-state index in [-0.39, 0.29) is 19.4 Å². The number of nitrogens with zero attached hydrogens (tertiary/aromatic N) is 6. The number of carbonyl (C=O) groups is 1. The van der Waals surface area contributed by atoms with Gasteiger partial charge in [0.15, 0.2) is 11.9 Å². The van der Waals surface area contributed by atoms with Crippen molar-refractivity contribution in [2.75, 3.05) is 30.4 Å². The number of anilines is 2. The highest BCUT2D eigenvalue weighted by Crippen LogP contribution is 2.27. The average Bonchev–Trinajstić information content (AvgIpc) is 3.23. The smallest absolute Gasteiger partial charge is 0.260 e. The molecular weight excluding hydrogens is 434 g/mol. The molecule has 4 heterocycles. The van der Waals surface area contributed by atoms with Gasteiger partial charge in [-0.05, 0) is 37.0 Å². The minimum atomic E-state index is -0.739. The van der Waals surface area contributed by atoms with Gasteiger partial charge >= 0.3 is 0 Å². The molecule has 0 aromatic carbocycles. The summed E-state index contributed by atoms with van der Waals surface area (Å²) >= 11 is 1.41. The van der Waals surface area contributed by atoms with Gasteiger partial charge in [-0.15, -0.1) is 15.3 Å². The molecule has 31 heavy (non-hydrogen) atoms. The lowest BCUT2D eigenvalue weighted by Crippen LogP contribution is -2.34. The predicted octanol–water partition coefficient (Wildman–Crippen LogP) is 2.62. The fraction of sp³-hybridized carbons (Fsp3) is 0.400. The summed E-state index contributed by atoms with van der Waals surface area (Å²) in [6, 6.07) is 7.48. The Kier molecular flexibility index (Phi) is 8.27. The molecule has 1 fully saturated rings. The lowest BCUT2D eigenvalue weighted by molar-refractivity contribution is -0.126. The van der Waals surface area contributed by atoms with Crippen LogP contribution < -0.4 is 10.2 Å². The molecular formula is C20H25N7O2S2. The van der Waals surface area contributed by atoms with Crippen LogP contribution in [-0.2, 0) is 16.0 Å². The first-order valence-corrected chi connectivity index (χ1v) is 10.6. The van der Waals surface area contributed by atoms with E-state index in [2.05, 4.69) is 35.6 Å². The lowest BCUT2D eigenvalue weighted by Gasteiger charge is -2.32. The number of hydrogen-bond acceptors (Lipinski definition) is 9. The Morgan fingerprint density at radius 1 is 1.23 bits per heavy atom. The molecule has 9 nitrogen and oxygen atoms in total. The Bertz CT molecular complexity index is 950. The normalized spacial score (nSPS) is 15.2. The number of nitrogens with one attached hydrogen (secondary N) is 1. The largest absolute Gasteiger partial charge is 0.367 e. The summed E-state index contributed by atoms with van der Waals surface area (Å²) in [4.78, 5) is 18.9. The van der Waals surface area contributed by atoms with E-state index in [1.807, 2.05) is 12.1 Å². The SMILES string of the molecule is CO[C@H](C(=O)Nc1nnc(CC2CCN(c3cccnn3)CC2)s1)c1cccnc1.S. The van der Waals surface area contributed by atoms with Gasteiger partial charge in [0.05, 0.1) is 0 Å². The molecule has 0 saturated carbocycles. The molecule has 1 N–H and O–H groups in total. The van der Waals surface area contributed by atoms with Crippen LogP contribution in [0.1, 0.15) is 29.5 Å². The Morgan fingerprint density at radius 3 is 2.71 bits per heavy atom. The third-order valence-electron chi connectivity index (χ3n) is 5.12. The maximum atomic E-state index is 12.6. The third kappa shape index (κ3) is 5.96. The number of hydrogen-bond donors (Lipinski definition) is 1. The van der Waals surface area contributed by atoms with Crippen LogP contribution in [0, 0.1) is 5.92 Å². The van der Waals surface area contributed by atoms with E-state index >= 15 is 0 Å². The highest BCUT2D eigenvalue weighted by atomic mass is 32.1. The van der Waals surface area contributed by atoms with Gasteiger partial charge in [0.2, 0.25) is 5.13 Å². The first-order valence-electron chi connectivity index (χ1n) is 9.81. The van der Waals surface area contributed by atoms with Gasteiger partial charge in [0.1, 0.15) is 5.01 Å². The van der Waals surface area contributed by atoms with Crippen LogP contribution in [0.5, 0.6) is 0 Å². The summed E-state index contributed by atoms with van der Waals surface area (Å²) in [7, 11) is 1.50. The molecule has 164 valence electrons. The van der Waals surface area contributed by atoms with Gasteiger partial charge in [0.25, 0.3) is 5.91 Å². The predicted molar refractivity (Wildman–Crippen MR) is 124 cm³/mol. The maximum Gasteiger partial charge on any atom is 0.260 e. The molecule has 0 spiro atoms. The van der Waals surface area contributed by atoms with Crippen LogP contribution in [0.15, 0.2) is 42.9 Å². The quantitative estimate of drug-likeness (QED) is 0.575. The van der Waals surface area contributed by atoms with E-state index < -0.39 is 6.10 Å². The molecule has 0 aliphatic carbocycles. The summed E-state index contributed by atoms with van der Waals surface area (Å²) in [5.41, 5.74) is 0.692. The standard InChI is InChI=1S/C20H23N7O2S.H2S/c1-29-18(15-4-2-8-21-13-15)19(28)23-20-26-25-17(30-20)12-14-6-10-27(11-7-14)16-5-3-9-22-24-16;/h2-5,8-9,13-14,18H,6-7,10-12H2,1H3,(H,23,26,28);1H2/t18-;/m0./s1. The van der Waals surface area contributed by atoms with Crippen molar-refractivity contribution in [2.45, 2.75) is 25.4 Å². The highest BCUT2D eigenvalue weighted by molar-refractivity contribution is 7.59. The van der Waals surface area contributed by atoms with Crippen molar-refractivity contribution in [3.8, 4) is 0 Å². The van der Waals surface area contributed by atoms with Crippen molar-refractivity contribution >= 4 is 41.7 Å². The summed E-state index contributed by atoms with van der Waals surface area (Å²) in [6.45, 7) is 1.90. The van der Waals surface area contributed by atoms with Gasteiger partial charge in [0, 0.05) is 50.8 Å². The van der Waals surface area contributed by atoms with Crippen LogP contribution in [-0.4, -0.2) is 51.5 Å². The molecule has 1 saturated heterocycles. The van der Waals surface area contributed by atoms with Gasteiger partial charge in [-0.1, -0.05) is 17.4 Å². The number of aromatic nitrogens is 5. The van der Waals surface area contributed by atoms with E-state index in [1.54, 1.807) is 30.7 Å². The number of methoxy groups -OCH3 is 1. The second kappa shape index (κ2) is 11.1. The van der Waals surface area contributed by atoms with Gasteiger partial charge in [-0.3, -0.25) is 15.1 Å². The first kappa shape index (κ1) is 23.0. The van der Waals surface area contributed by atoms with E-state index in [0.29, 0.717) is 16.6 Å². The van der Waals surface area contributed by atoms with Crippen LogP contribution in [0.4, 0.5) is 10.9 Å². The summed E-state index contributed by atoms with van der Waals surface area (Å²) in [5.74, 6) is 1.18. The molecule has 0 radical (unpaired) electrons. The number of carbonyl (C=O) groups excluding carboxylic acids is 1. The molecule has 3 aromatic heterocycles. The third-order valence-corrected chi connectivity index (χ3v) is 5.98. The average molecular weight is 460 g/mol. The number of amides is 1. The van der Waals surface area contributed by atoms with Crippen LogP contribution >= 0.6 is 24.8 Å². The van der Waals surface area contributed by atoms with E-state index in [1.165, 1.54) is 18.4 Å². The second-order valence-corrected chi connectivity index (χ2v) is 8.17. The fourth-order valence-corrected chi connectivity index (χ4v) is 4.42. The Hall–Kier alpha value is -2.63. The minimum Gasteiger partial charge on any atom is -0.367 e. The molecule has 1 atom stereocenters. The number of piperidine rings is 1. The van der Waals surface area contributed by atoms with Gasteiger partial charge in [-0.2, -0.15) is 18.6 Å². The summed E-state index contributed by atoms with van der Waals surface area (Å²) in [6.07, 6.45) is 7.20. The molecule has 4 rings (SSSR count). The number of rotatable bonds is 7. The zero-order chi connectivity index (χ0) is 20.8. The minimum absolute atomic E-state index is 0. The van der Waals surface area contributed by atoms with E-state index in [0.717, 1.165) is 43.2 Å². The van der Waals surface area contributed by atoms with Gasteiger partial charge < -0.3 is 9.64 Å². The number of ether oxygens (including phenoxy) is 1. The molecule has 1 aliphatic rings. The van der Waals surface area contributed by atoms with Gasteiger partial charge in [-0.25, -0.2) is 0 Å². The molecule has 0 bridgehead atoms. The summed E-state index contributed by atoms with van der Waals surface area (Å²) < 4.78 is 5.34. The summed E-state index contributed by atoms with van der Waals surface area (Å²) in [5, 5.41) is 20.8. The van der Waals surface area contributed by atoms with Crippen LogP contribution in [0.3, 0.4) is 0 Å². The topological polar surface area (TPSA) is 106 Å². The van der Waals surface area contributed by atoms with E-state index in [9.17, 15) is 4.79 Å². The zero-order valence-electron chi connectivity index (χ0n) is 17.1. The van der Waals surface area contributed by atoms with Crippen molar-refractivity contribution < 1.29 is 9.53 Å². The monoisotopic (exact) mass is 459 g/mol. The van der Waals surface area contributed by atoms with Crippen molar-refractivity contribution in [1.82, 2.24) is 25.4 Å². The van der Waals surface area contributed by atoms with Crippen molar-refractivity contribution in [1.29, 1.82) is 0 Å². The Morgan fingerprint density at radius 2 is 2.03 bits per heavy atom. The van der Waals surface area contributed by atoms with Crippen LogP contribution in [0.25, 0.3) is 0 Å². The van der Waals surface area contributed by atoms with E-state index in [4.69, 9.17) is 4.74 Å². The van der Waals surface area contributed by atoms with Crippen molar-refractivity contribution in [2.24, 2.45) is 5.92 Å². The molecule has 1 amide bonds. The second-order valence-electron chi connectivity index (χ2n) is 7.11. The Balaban J connectivity index is 0.00000272. The number of pyridine rings is 1. The van der Waals surface area contributed by atoms with Crippen molar-refractivity contribution in [3.63, 3.8) is 0 Å². The molecule has 0 unspecified atom stereocenters. The Labute approximate surface area is 191 Å². The molecule has 11 heteroatoms. The van der Waals surface area contributed by atoms with Crippen molar-refractivity contribution in [3.05, 3.63) is 53.4 Å². The van der Waals surface area contributed by atoms with Crippen LogP contribution in [0.2, 0.25) is 0 Å². The molecule has 3 aromatic rings. The zero-order valence-corrected chi connectivity index (χ0v) is 19.0. The first-order chi connectivity index (χ1) is 14.7. The maximum absolute atomic E-state index is 12.6. The fourth-order valence-electron chi connectivity index (χ4n) is 3.56. The molecule has 1 aliphatic heterocycles.